The van der Waals surface area contributed by atoms with Crippen LogP contribution in [0.5, 0.6) is 0 Å². The van der Waals surface area contributed by atoms with E-state index in [1.165, 1.54) is 0 Å². The first kappa shape index (κ1) is 21.9. The van der Waals surface area contributed by atoms with Gasteiger partial charge in [0.1, 0.15) is 11.3 Å². The molecule has 34 heavy (non-hydrogen) atoms. The summed E-state index contributed by atoms with van der Waals surface area (Å²) < 4.78 is 10.8. The topological polar surface area (TPSA) is 92.7 Å². The molecule has 4 heterocycles. The number of amides is 2. The van der Waals surface area contributed by atoms with Crippen LogP contribution in [0.4, 0.5) is 0 Å². The van der Waals surface area contributed by atoms with E-state index in [9.17, 15) is 9.59 Å². The number of furan rings is 1. The lowest BCUT2D eigenvalue weighted by atomic mass is 9.89. The molecule has 0 atom stereocenters. The van der Waals surface area contributed by atoms with Gasteiger partial charge in [0.2, 0.25) is 5.76 Å². The van der Waals surface area contributed by atoms with Crippen LogP contribution in [0.25, 0.3) is 10.9 Å². The number of hydrogen-bond acceptors (Lipinski definition) is 6. The van der Waals surface area contributed by atoms with Gasteiger partial charge in [0.05, 0.1) is 29.5 Å². The summed E-state index contributed by atoms with van der Waals surface area (Å²) in [4.78, 5) is 34.5. The number of nitrogens with zero attached hydrogens (tertiary/aromatic N) is 4. The molecule has 1 aliphatic heterocycles. The zero-order valence-electron chi connectivity index (χ0n) is 19.2. The van der Waals surface area contributed by atoms with Gasteiger partial charge in [-0.1, -0.05) is 17.3 Å². The number of carbonyl (C=O) groups excluding carboxylic acids is 2. The van der Waals surface area contributed by atoms with Gasteiger partial charge in [-0.05, 0) is 56.2 Å². The van der Waals surface area contributed by atoms with Gasteiger partial charge >= 0.3 is 0 Å². The molecule has 1 saturated heterocycles. The molecule has 1 fully saturated rings. The zero-order chi connectivity index (χ0) is 23.7. The lowest BCUT2D eigenvalue weighted by Crippen LogP contribution is -2.38. The Morgan fingerprint density at radius 3 is 2.65 bits per heavy atom. The van der Waals surface area contributed by atoms with Crippen LogP contribution in [0.1, 0.15) is 56.8 Å². The second-order valence-electron chi connectivity index (χ2n) is 8.72. The summed E-state index contributed by atoms with van der Waals surface area (Å²) in [5, 5.41) is 4.72. The van der Waals surface area contributed by atoms with Crippen LogP contribution in [0, 0.1) is 6.92 Å². The summed E-state index contributed by atoms with van der Waals surface area (Å²) in [5.74, 6) is 0.845. The minimum atomic E-state index is -0.154. The zero-order valence-corrected chi connectivity index (χ0v) is 19.2. The Bertz CT molecular complexity index is 1320. The van der Waals surface area contributed by atoms with E-state index in [2.05, 4.69) is 5.16 Å². The molecule has 8 heteroatoms. The molecule has 8 nitrogen and oxygen atoms in total. The quantitative estimate of drug-likeness (QED) is 0.440. The Kier molecular flexibility index (Phi) is 5.88. The smallest absolute Gasteiger partial charge is 0.293 e. The van der Waals surface area contributed by atoms with Gasteiger partial charge in [0.15, 0.2) is 0 Å². The molecule has 1 aromatic carbocycles. The third-order valence-corrected chi connectivity index (χ3v) is 6.36. The Hall–Kier alpha value is -3.94. The van der Waals surface area contributed by atoms with Gasteiger partial charge in [-0.25, -0.2) is 0 Å². The Labute approximate surface area is 197 Å². The van der Waals surface area contributed by atoms with E-state index in [0.29, 0.717) is 30.7 Å². The Morgan fingerprint density at radius 1 is 1.09 bits per heavy atom. The number of carbonyl (C=O) groups is 2. The van der Waals surface area contributed by atoms with Crippen LogP contribution in [-0.4, -0.2) is 51.9 Å². The number of pyridine rings is 1. The molecular formula is C26H26N4O4. The predicted molar refractivity (Wildman–Crippen MR) is 125 cm³/mol. The molecule has 0 N–H and O–H groups in total. The van der Waals surface area contributed by atoms with Crippen LogP contribution in [0.15, 0.2) is 63.7 Å². The predicted octanol–water partition coefficient (Wildman–Crippen LogP) is 4.42. The maximum Gasteiger partial charge on any atom is 0.293 e. The van der Waals surface area contributed by atoms with Crippen molar-refractivity contribution in [2.24, 2.45) is 0 Å². The molecule has 0 radical (unpaired) electrons. The summed E-state index contributed by atoms with van der Waals surface area (Å²) in [6.07, 6.45) is 3.04. The summed E-state index contributed by atoms with van der Waals surface area (Å²) in [6, 6.07) is 14.8. The highest BCUT2D eigenvalue weighted by Crippen LogP contribution is 2.31. The first-order valence-electron chi connectivity index (χ1n) is 11.4. The molecule has 0 unspecified atom stereocenters. The number of piperidine rings is 1. The third kappa shape index (κ3) is 4.19. The minimum Gasteiger partial charge on any atom is -0.467 e. The van der Waals surface area contributed by atoms with Gasteiger partial charge < -0.3 is 18.7 Å². The van der Waals surface area contributed by atoms with Crippen molar-refractivity contribution in [2.45, 2.75) is 32.2 Å². The van der Waals surface area contributed by atoms with E-state index >= 15 is 0 Å². The fourth-order valence-electron chi connectivity index (χ4n) is 4.53. The number of rotatable bonds is 5. The van der Waals surface area contributed by atoms with Crippen LogP contribution in [-0.2, 0) is 6.54 Å². The van der Waals surface area contributed by atoms with Crippen molar-refractivity contribution in [1.82, 2.24) is 19.9 Å². The van der Waals surface area contributed by atoms with E-state index in [1.807, 2.05) is 55.5 Å². The standard InChI is InChI=1S/C26H26N4O4/c1-17-9-10-21(25(31)29(2)16-19-6-5-15-33-19)23(27-17)18-11-13-30(14-12-18)26(32)24-20-7-3-4-8-22(20)28-34-24/h3-10,15,18H,11-14,16H2,1-2H3. The summed E-state index contributed by atoms with van der Waals surface area (Å²) in [7, 11) is 1.76. The molecule has 2 amide bonds. The molecule has 5 rings (SSSR count). The summed E-state index contributed by atoms with van der Waals surface area (Å²) in [6.45, 7) is 3.43. The highest BCUT2D eigenvalue weighted by atomic mass is 16.5. The fraction of sp³-hybridized carbons (Fsp3) is 0.308. The molecule has 0 aliphatic carbocycles. The second-order valence-corrected chi connectivity index (χ2v) is 8.72. The summed E-state index contributed by atoms with van der Waals surface area (Å²) >= 11 is 0. The SMILES string of the molecule is Cc1ccc(C(=O)N(C)Cc2ccco2)c(C2CCN(C(=O)c3onc4ccccc34)CC2)n1. The van der Waals surface area contributed by atoms with E-state index < -0.39 is 0 Å². The molecule has 0 spiro atoms. The van der Waals surface area contributed by atoms with Crippen LogP contribution in [0.3, 0.4) is 0 Å². The average molecular weight is 459 g/mol. The van der Waals surface area contributed by atoms with Gasteiger partial charge in [-0.3, -0.25) is 14.6 Å². The number of fused-ring (bicyclic) bond motifs is 1. The van der Waals surface area contributed by atoms with Crippen molar-refractivity contribution in [3.63, 3.8) is 0 Å². The molecular weight excluding hydrogens is 432 g/mol. The van der Waals surface area contributed by atoms with Gasteiger partial charge in [-0.2, -0.15) is 0 Å². The minimum absolute atomic E-state index is 0.0892. The molecule has 1 aliphatic rings. The first-order valence-corrected chi connectivity index (χ1v) is 11.4. The number of likely N-dealkylation sites (tertiary alicyclic amines) is 1. The average Bonchev–Trinajstić information content (AvgIpc) is 3.53. The Morgan fingerprint density at radius 2 is 1.88 bits per heavy atom. The molecule has 0 bridgehead atoms. The van der Waals surface area contributed by atoms with E-state index in [0.717, 1.165) is 35.4 Å². The lowest BCUT2D eigenvalue weighted by Gasteiger charge is -2.32. The Balaban J connectivity index is 1.31. The maximum absolute atomic E-state index is 13.3. The van der Waals surface area contributed by atoms with Gasteiger partial charge in [-0.15, -0.1) is 0 Å². The van der Waals surface area contributed by atoms with Crippen molar-refractivity contribution >= 4 is 22.7 Å². The lowest BCUT2D eigenvalue weighted by molar-refractivity contribution is 0.0669. The first-order chi connectivity index (χ1) is 16.5. The number of benzene rings is 1. The maximum atomic E-state index is 13.3. The highest BCUT2D eigenvalue weighted by molar-refractivity contribution is 6.03. The van der Waals surface area contributed by atoms with Crippen molar-refractivity contribution in [3.05, 3.63) is 83.3 Å². The van der Waals surface area contributed by atoms with Crippen molar-refractivity contribution < 1.29 is 18.5 Å². The highest BCUT2D eigenvalue weighted by Gasteiger charge is 2.31. The van der Waals surface area contributed by atoms with E-state index in [-0.39, 0.29) is 23.5 Å². The van der Waals surface area contributed by atoms with Crippen LogP contribution in [0.2, 0.25) is 0 Å². The monoisotopic (exact) mass is 458 g/mol. The fourth-order valence-corrected chi connectivity index (χ4v) is 4.53. The van der Waals surface area contributed by atoms with Gasteiger partial charge in [0, 0.05) is 31.7 Å². The third-order valence-electron chi connectivity index (χ3n) is 6.36. The van der Waals surface area contributed by atoms with E-state index in [4.69, 9.17) is 13.9 Å². The molecule has 4 aromatic rings. The normalized spacial score (nSPS) is 14.5. The van der Waals surface area contributed by atoms with Crippen molar-refractivity contribution in [3.8, 4) is 0 Å². The summed E-state index contributed by atoms with van der Waals surface area (Å²) in [5.41, 5.74) is 2.94. The van der Waals surface area contributed by atoms with Gasteiger partial charge in [0.25, 0.3) is 11.8 Å². The largest absolute Gasteiger partial charge is 0.467 e. The number of aryl methyl sites for hydroxylation is 1. The van der Waals surface area contributed by atoms with E-state index in [1.54, 1.807) is 23.1 Å². The molecule has 0 saturated carbocycles. The number of hydrogen-bond donors (Lipinski definition) is 0. The number of aromatic nitrogens is 2. The van der Waals surface area contributed by atoms with Crippen molar-refractivity contribution in [2.75, 3.05) is 20.1 Å². The van der Waals surface area contributed by atoms with Crippen LogP contribution < -0.4 is 0 Å². The van der Waals surface area contributed by atoms with Crippen LogP contribution >= 0.6 is 0 Å². The van der Waals surface area contributed by atoms with Crippen molar-refractivity contribution in [1.29, 1.82) is 0 Å². The molecule has 174 valence electrons. The molecule has 3 aromatic heterocycles. The second kappa shape index (κ2) is 9.13.